The second-order valence-electron chi connectivity index (χ2n) is 18.5. The van der Waals surface area contributed by atoms with E-state index in [1.54, 1.807) is 0 Å². The molecule has 7 aromatic carbocycles. The van der Waals surface area contributed by atoms with Gasteiger partial charge in [0.2, 0.25) is 0 Å². The van der Waals surface area contributed by atoms with E-state index in [-0.39, 0.29) is 35.1 Å². The van der Waals surface area contributed by atoms with E-state index in [9.17, 15) is 5.11 Å². The van der Waals surface area contributed by atoms with Gasteiger partial charge in [-0.15, -0.1) is 23.5 Å². The molecule has 1 heterocycles. The molecule has 0 aromatic heterocycles. The number of hydrogen-bond donors (Lipinski definition) is 0. The van der Waals surface area contributed by atoms with Gasteiger partial charge in [-0.3, -0.25) is 0 Å². The minimum Gasteiger partial charge on any atom is -0.833 e. The van der Waals surface area contributed by atoms with Crippen LogP contribution in [0.25, 0.3) is 21.4 Å². The van der Waals surface area contributed by atoms with E-state index in [1.807, 2.05) is 91.0 Å². The predicted octanol–water partition coefficient (Wildman–Crippen LogP) is 15.6. The van der Waals surface area contributed by atoms with Crippen LogP contribution in [0.15, 0.2) is 164 Å². The summed E-state index contributed by atoms with van der Waals surface area (Å²) in [6.45, 7) is 20.2. The van der Waals surface area contributed by atoms with Crippen LogP contribution in [0.4, 0.5) is 11.4 Å². The summed E-state index contributed by atoms with van der Waals surface area (Å²) in [6, 6.07) is 54.9. The van der Waals surface area contributed by atoms with E-state index >= 15 is 0 Å². The Hall–Kier alpha value is -5.35. The van der Waals surface area contributed by atoms with E-state index in [4.69, 9.17) is 15.4 Å². The summed E-state index contributed by atoms with van der Waals surface area (Å²) in [5, 5.41) is 27.5. The van der Waals surface area contributed by atoms with Crippen molar-refractivity contribution < 1.29 is 9.84 Å². The molecule has 0 spiro atoms. The van der Waals surface area contributed by atoms with Gasteiger partial charge in [-0.1, -0.05) is 252 Å². The van der Waals surface area contributed by atoms with Gasteiger partial charge in [0.25, 0.3) is 0 Å². The van der Waals surface area contributed by atoms with Gasteiger partial charge in [-0.05, 0) is 70.5 Å². The first-order valence-electron chi connectivity index (χ1n) is 23.6. The van der Waals surface area contributed by atoms with Crippen molar-refractivity contribution in [3.05, 3.63) is 224 Å². The minimum atomic E-state index is -1.57. The number of nitrogens with zero attached hydrogens (tertiary/aromatic N) is 2. The second-order valence-corrected chi connectivity index (χ2v) is 18.5. The molecule has 1 aliphatic heterocycles. The van der Waals surface area contributed by atoms with E-state index in [0.29, 0.717) is 34.8 Å². The summed E-state index contributed by atoms with van der Waals surface area (Å²) >= 11 is 0. The average molecular weight is 883 g/mol. The molecule has 4 nitrogen and oxygen atoms in total. The quantitative estimate of drug-likeness (QED) is 0.101. The van der Waals surface area contributed by atoms with Gasteiger partial charge in [0.1, 0.15) is 0 Å². The van der Waals surface area contributed by atoms with Crippen LogP contribution in [0.1, 0.15) is 154 Å². The maximum atomic E-state index is 13.5. The smallest absolute Gasteiger partial charge is 0.833 e. The average Bonchev–Trinajstić information content (AvgIpc) is 4.01. The molecule has 0 bridgehead atoms. The van der Waals surface area contributed by atoms with Crippen LogP contribution in [-0.2, 0) is 10.3 Å². The van der Waals surface area contributed by atoms with Gasteiger partial charge in [-0.2, -0.15) is 0 Å². The Morgan fingerprint density at radius 3 is 1.20 bits per heavy atom. The molecule has 0 amide bonds. The molecule has 5 heteroatoms. The third-order valence-corrected chi connectivity index (χ3v) is 12.5. The molecule has 1 saturated heterocycles. The summed E-state index contributed by atoms with van der Waals surface area (Å²) in [7, 11) is 0. The maximum absolute atomic E-state index is 13.5. The standard InChI is InChI=1S/C36H42N2.C21H15O.C4H8O.Mg/c1-21(2)26-15-11-16-27(22(3)4)33(26)37-35-30-19-9-13-25-14-10-20-31(32(25)30)36(35)38-34-28(23(5)6)17-12-18-29(34)24(7)8;22-21(19-12-6-2-7-13-19,20-14-8-3-9-15-20)17-16-18-10-4-1-5-11-18;1-2-4-5-3-1;/h9-24,35-36H,1-8H3;1-15H;1-4H2;/q-2;-1;;+2. The first kappa shape index (κ1) is 50.1. The summed E-state index contributed by atoms with van der Waals surface area (Å²) < 4.78 is 4.94. The number of ether oxygens (including phenoxy) is 1. The van der Waals surface area contributed by atoms with Gasteiger partial charge in [0.05, 0.1) is 0 Å². The number of rotatable bonds is 10. The molecular formula is C61H65MgN2O2-. The number of benzene rings is 7. The molecule has 2 atom stereocenters. The van der Waals surface area contributed by atoms with Gasteiger partial charge in [0, 0.05) is 24.4 Å². The molecule has 2 unspecified atom stereocenters. The van der Waals surface area contributed by atoms with E-state index in [2.05, 4.69) is 140 Å². The second kappa shape index (κ2) is 23.4. The van der Waals surface area contributed by atoms with Crippen LogP contribution in [0, 0.1) is 11.8 Å². The van der Waals surface area contributed by atoms with Gasteiger partial charge < -0.3 is 20.5 Å². The Kier molecular flexibility index (Phi) is 17.7. The third kappa shape index (κ3) is 11.6. The summed E-state index contributed by atoms with van der Waals surface area (Å²) in [4.78, 5) is 0. The minimum absolute atomic E-state index is 0. The molecular weight excluding hydrogens is 817 g/mol. The van der Waals surface area contributed by atoms with Crippen molar-refractivity contribution in [3.63, 3.8) is 0 Å². The van der Waals surface area contributed by atoms with Crippen LogP contribution in [0.5, 0.6) is 0 Å². The zero-order valence-corrected chi connectivity index (χ0v) is 41.7. The Labute approximate surface area is 411 Å². The molecule has 9 rings (SSSR count). The molecule has 0 radical (unpaired) electrons. The van der Waals surface area contributed by atoms with Gasteiger partial charge in [-0.25, -0.2) is 0 Å². The molecule has 0 N–H and O–H groups in total. The Balaban J connectivity index is 0.000000216. The fraction of sp³-hybridized carbons (Fsp3) is 0.311. The molecule has 334 valence electrons. The monoisotopic (exact) mass is 881 g/mol. The largest absolute Gasteiger partial charge is 2.00 e. The van der Waals surface area contributed by atoms with Crippen molar-refractivity contribution in [2.45, 2.75) is 110 Å². The van der Waals surface area contributed by atoms with Crippen LogP contribution >= 0.6 is 0 Å². The van der Waals surface area contributed by atoms with Gasteiger partial charge in [0.15, 0.2) is 0 Å². The topological polar surface area (TPSA) is 60.5 Å². The van der Waals surface area contributed by atoms with Crippen molar-refractivity contribution in [2.24, 2.45) is 0 Å². The Morgan fingerprint density at radius 1 is 0.485 bits per heavy atom. The fourth-order valence-electron chi connectivity index (χ4n) is 8.96. The normalized spacial score (nSPS) is 15.0. The van der Waals surface area contributed by atoms with E-state index in [1.165, 1.54) is 57.0 Å². The summed E-state index contributed by atoms with van der Waals surface area (Å²) in [5.41, 5.74) is 10.8. The SMILES string of the molecule is C1CCOC1.CC(C)c1cccc(C(C)C)c1[N-]C1c2cccc3cccc(c23)C1[N-]c1c(C(C)C)cccc1C(C)C.[Mg+2].[O-]C(C#Cc1ccccc1)(c1ccccc1)c1ccccc1. The predicted molar refractivity (Wildman–Crippen MR) is 277 cm³/mol. The zero-order valence-electron chi connectivity index (χ0n) is 40.3. The molecule has 0 saturated carbocycles. The molecule has 1 aliphatic carbocycles. The van der Waals surface area contributed by atoms with Crippen LogP contribution < -0.4 is 5.11 Å². The fourth-order valence-corrected chi connectivity index (χ4v) is 8.96. The van der Waals surface area contributed by atoms with Crippen molar-refractivity contribution in [1.29, 1.82) is 0 Å². The maximum Gasteiger partial charge on any atom is 2.00 e. The van der Waals surface area contributed by atoms with Crippen LogP contribution in [0.2, 0.25) is 0 Å². The van der Waals surface area contributed by atoms with Gasteiger partial charge >= 0.3 is 23.1 Å². The summed E-state index contributed by atoms with van der Waals surface area (Å²) in [5.74, 6) is 7.56. The first-order chi connectivity index (χ1) is 31.5. The molecule has 1 fully saturated rings. The van der Waals surface area contributed by atoms with Crippen LogP contribution in [0.3, 0.4) is 0 Å². The van der Waals surface area contributed by atoms with E-state index in [0.717, 1.165) is 30.2 Å². The molecule has 7 aromatic rings. The van der Waals surface area contributed by atoms with Crippen LogP contribution in [-0.4, -0.2) is 36.3 Å². The Bertz CT molecular complexity index is 2470. The van der Waals surface area contributed by atoms with Crippen molar-refractivity contribution >= 4 is 45.2 Å². The molecule has 66 heavy (non-hydrogen) atoms. The van der Waals surface area contributed by atoms with E-state index < -0.39 is 5.60 Å². The number of hydrogen-bond acceptors (Lipinski definition) is 2. The van der Waals surface area contributed by atoms with Crippen molar-refractivity contribution in [3.8, 4) is 11.8 Å². The Morgan fingerprint density at radius 2 is 0.848 bits per heavy atom. The van der Waals surface area contributed by atoms with Crippen molar-refractivity contribution in [1.82, 2.24) is 0 Å². The number of para-hydroxylation sites is 2. The zero-order chi connectivity index (χ0) is 45.9. The summed E-state index contributed by atoms with van der Waals surface area (Å²) in [6.07, 6.45) is 2.56. The van der Waals surface area contributed by atoms with Crippen molar-refractivity contribution in [2.75, 3.05) is 13.2 Å². The third-order valence-electron chi connectivity index (χ3n) is 12.5. The molecule has 2 aliphatic rings. The first-order valence-corrected chi connectivity index (χ1v) is 23.6.